The molecule has 0 aliphatic rings. The van der Waals surface area contributed by atoms with E-state index < -0.39 is 5.76 Å². The van der Waals surface area contributed by atoms with Crippen LogP contribution in [0.2, 0.25) is 0 Å². The molecule has 0 spiro atoms. The molecule has 0 fully saturated rings. The summed E-state index contributed by atoms with van der Waals surface area (Å²) in [4.78, 5) is 4.03. The van der Waals surface area contributed by atoms with Crippen LogP contribution in [0.25, 0.3) is 0 Å². The largest absolute Gasteiger partial charge is 0.464 e. The second-order valence-electron chi connectivity index (χ2n) is 4.15. The lowest BCUT2D eigenvalue weighted by Crippen LogP contribution is -2.15. The number of hydrogen-bond donors (Lipinski definition) is 2. The first kappa shape index (κ1) is 15.0. The predicted octanol–water partition coefficient (Wildman–Crippen LogP) is 2.58. The van der Waals surface area contributed by atoms with Crippen LogP contribution >= 0.6 is 11.8 Å². The Morgan fingerprint density at radius 3 is 2.95 bits per heavy atom. The van der Waals surface area contributed by atoms with E-state index in [0.29, 0.717) is 24.1 Å². The number of aryl methyl sites for hydroxylation is 1. The molecule has 2 aromatic heterocycles. The topological polar surface area (TPSA) is 66.7 Å². The zero-order valence-corrected chi connectivity index (χ0v) is 11.6. The highest BCUT2D eigenvalue weighted by atomic mass is 32.2. The molecule has 0 bridgehead atoms. The van der Waals surface area contributed by atoms with Gasteiger partial charge in [-0.2, -0.15) is 13.9 Å². The third-order valence-electron chi connectivity index (χ3n) is 2.60. The van der Waals surface area contributed by atoms with E-state index in [9.17, 15) is 8.78 Å². The number of nitrogens with zero attached hydrogens (tertiary/aromatic N) is 2. The van der Waals surface area contributed by atoms with Crippen molar-refractivity contribution in [2.75, 3.05) is 6.54 Å². The summed E-state index contributed by atoms with van der Waals surface area (Å²) in [6.45, 7) is 1.41. The van der Waals surface area contributed by atoms with E-state index in [1.807, 2.05) is 6.07 Å². The zero-order chi connectivity index (χ0) is 14.2. The molecule has 0 aliphatic heterocycles. The van der Waals surface area contributed by atoms with Crippen LogP contribution in [0.4, 0.5) is 8.78 Å². The van der Waals surface area contributed by atoms with Crippen molar-refractivity contribution in [1.82, 2.24) is 20.5 Å². The van der Waals surface area contributed by atoms with E-state index >= 15 is 0 Å². The predicted molar refractivity (Wildman–Crippen MR) is 72.4 cm³/mol. The molecule has 0 unspecified atom stereocenters. The quantitative estimate of drug-likeness (QED) is 0.697. The number of nitrogens with one attached hydrogen (secondary N) is 2. The fourth-order valence-electron chi connectivity index (χ4n) is 1.68. The molecule has 0 radical (unpaired) electrons. The Morgan fingerprint density at radius 2 is 2.20 bits per heavy atom. The number of hydrogen-bond acceptors (Lipinski definition) is 5. The molecule has 20 heavy (non-hydrogen) atoms. The second-order valence-corrected chi connectivity index (χ2v) is 5.13. The summed E-state index contributed by atoms with van der Waals surface area (Å²) in [6.07, 6.45) is 3.26. The molecule has 0 saturated carbocycles. The lowest BCUT2D eigenvalue weighted by Gasteiger charge is -2.01. The maximum Gasteiger partial charge on any atom is 0.284 e. The monoisotopic (exact) mass is 302 g/mol. The first-order valence-corrected chi connectivity index (χ1v) is 7.31. The summed E-state index contributed by atoms with van der Waals surface area (Å²) >= 11 is 0.564. The lowest BCUT2D eigenvalue weighted by molar-refractivity contribution is 0.251. The molecule has 2 aromatic rings. The summed E-state index contributed by atoms with van der Waals surface area (Å²) < 4.78 is 29.5. The maximum absolute atomic E-state index is 12.0. The molecule has 2 N–H and O–H groups in total. The van der Waals surface area contributed by atoms with Gasteiger partial charge >= 0.3 is 0 Å². The molecule has 0 amide bonds. The Hall–Kier alpha value is -1.41. The third-order valence-corrected chi connectivity index (χ3v) is 3.30. The number of rotatable bonds is 9. The van der Waals surface area contributed by atoms with E-state index in [2.05, 4.69) is 20.5 Å². The second kappa shape index (κ2) is 8.01. The van der Waals surface area contributed by atoms with Gasteiger partial charge < -0.3 is 9.73 Å². The average molecular weight is 302 g/mol. The SMILES string of the molecule is FC(F)SCc1ccc(CNCCCc2ncn[nH]2)o1. The molecule has 0 aliphatic carbocycles. The van der Waals surface area contributed by atoms with Gasteiger partial charge in [-0.05, 0) is 25.1 Å². The normalized spacial score (nSPS) is 11.3. The summed E-state index contributed by atoms with van der Waals surface area (Å²) in [5.41, 5.74) is 0. The number of furan rings is 1. The van der Waals surface area contributed by atoms with Crippen LogP contribution in [-0.4, -0.2) is 27.5 Å². The van der Waals surface area contributed by atoms with Crippen molar-refractivity contribution in [3.63, 3.8) is 0 Å². The Balaban J connectivity index is 1.59. The molecule has 5 nitrogen and oxygen atoms in total. The number of aromatic amines is 1. The van der Waals surface area contributed by atoms with E-state index in [1.54, 1.807) is 6.07 Å². The number of aromatic nitrogens is 3. The van der Waals surface area contributed by atoms with Crippen LogP contribution in [0.3, 0.4) is 0 Å². The van der Waals surface area contributed by atoms with Gasteiger partial charge in [0.15, 0.2) is 0 Å². The fraction of sp³-hybridized carbons (Fsp3) is 0.500. The van der Waals surface area contributed by atoms with Gasteiger partial charge in [0, 0.05) is 6.42 Å². The first-order valence-electron chi connectivity index (χ1n) is 6.26. The molecule has 8 heteroatoms. The van der Waals surface area contributed by atoms with E-state index in [1.165, 1.54) is 6.33 Å². The van der Waals surface area contributed by atoms with Crippen LogP contribution in [0.1, 0.15) is 23.8 Å². The van der Waals surface area contributed by atoms with Crippen molar-refractivity contribution >= 4 is 11.8 Å². The van der Waals surface area contributed by atoms with Gasteiger partial charge in [-0.15, -0.1) is 0 Å². The molecular weight excluding hydrogens is 286 g/mol. The Bertz CT molecular complexity index is 489. The van der Waals surface area contributed by atoms with Crippen LogP contribution in [-0.2, 0) is 18.7 Å². The summed E-state index contributed by atoms with van der Waals surface area (Å²) in [6, 6.07) is 3.55. The molecule has 0 atom stereocenters. The van der Waals surface area contributed by atoms with Crippen molar-refractivity contribution < 1.29 is 13.2 Å². The number of alkyl halides is 2. The van der Waals surface area contributed by atoms with Gasteiger partial charge in [0.05, 0.1) is 12.3 Å². The van der Waals surface area contributed by atoms with Crippen LogP contribution < -0.4 is 5.32 Å². The van der Waals surface area contributed by atoms with Crippen LogP contribution in [0, 0.1) is 0 Å². The van der Waals surface area contributed by atoms with E-state index in [4.69, 9.17) is 4.42 Å². The number of H-pyrrole nitrogens is 1. The summed E-state index contributed by atoms with van der Waals surface area (Å²) in [7, 11) is 0. The van der Waals surface area contributed by atoms with Gasteiger partial charge in [0.1, 0.15) is 23.7 Å². The minimum atomic E-state index is -2.36. The van der Waals surface area contributed by atoms with Gasteiger partial charge in [0.2, 0.25) is 0 Å². The molecular formula is C12H16F2N4OS. The fourth-order valence-corrected chi connectivity index (χ4v) is 2.13. The van der Waals surface area contributed by atoms with Gasteiger partial charge in [-0.1, -0.05) is 11.8 Å². The first-order chi connectivity index (χ1) is 9.74. The Morgan fingerprint density at radius 1 is 1.35 bits per heavy atom. The van der Waals surface area contributed by atoms with Crippen molar-refractivity contribution in [1.29, 1.82) is 0 Å². The highest BCUT2D eigenvalue weighted by Crippen LogP contribution is 2.21. The average Bonchev–Trinajstić information content (AvgIpc) is 3.07. The Kier molecular flexibility index (Phi) is 6.00. The van der Waals surface area contributed by atoms with Gasteiger partial charge in [-0.25, -0.2) is 4.98 Å². The van der Waals surface area contributed by atoms with Crippen molar-refractivity contribution in [3.05, 3.63) is 35.8 Å². The van der Waals surface area contributed by atoms with E-state index in [0.717, 1.165) is 31.0 Å². The number of halogens is 2. The summed E-state index contributed by atoms with van der Waals surface area (Å²) in [5.74, 6) is 0.0422. The standard InChI is InChI=1S/C12H16F2N4OS/c13-12(14)20-7-10-4-3-9(19-10)6-15-5-1-2-11-16-8-17-18-11/h3-4,8,12,15H,1-2,5-7H2,(H,16,17,18). The van der Waals surface area contributed by atoms with Gasteiger partial charge in [0.25, 0.3) is 5.76 Å². The highest BCUT2D eigenvalue weighted by molar-refractivity contribution is 7.98. The zero-order valence-electron chi connectivity index (χ0n) is 10.8. The molecule has 0 saturated heterocycles. The minimum absolute atomic E-state index is 0.198. The van der Waals surface area contributed by atoms with Crippen LogP contribution in [0.5, 0.6) is 0 Å². The van der Waals surface area contributed by atoms with Crippen molar-refractivity contribution in [2.24, 2.45) is 0 Å². The molecule has 2 heterocycles. The number of thioether (sulfide) groups is 1. The summed E-state index contributed by atoms with van der Waals surface area (Å²) in [5, 5.41) is 9.81. The molecule has 0 aromatic carbocycles. The Labute approximate surface area is 119 Å². The molecule has 2 rings (SSSR count). The van der Waals surface area contributed by atoms with Gasteiger partial charge in [-0.3, -0.25) is 5.10 Å². The lowest BCUT2D eigenvalue weighted by atomic mass is 10.3. The maximum atomic E-state index is 12.0. The third kappa shape index (κ3) is 5.30. The van der Waals surface area contributed by atoms with Crippen LogP contribution in [0.15, 0.2) is 22.9 Å². The molecule has 110 valence electrons. The van der Waals surface area contributed by atoms with Crippen molar-refractivity contribution in [3.8, 4) is 0 Å². The van der Waals surface area contributed by atoms with E-state index in [-0.39, 0.29) is 5.75 Å². The minimum Gasteiger partial charge on any atom is -0.464 e. The highest BCUT2D eigenvalue weighted by Gasteiger charge is 2.07. The smallest absolute Gasteiger partial charge is 0.284 e. The van der Waals surface area contributed by atoms with Crippen molar-refractivity contribution in [2.45, 2.75) is 30.9 Å².